The molecule has 4 heteroatoms. The molecule has 0 aromatic rings. The van der Waals surface area contributed by atoms with Crippen molar-refractivity contribution in [2.24, 2.45) is 22.2 Å². The number of aliphatic imine (C=N–C) groups is 1. The first-order valence-electron chi connectivity index (χ1n) is 4.47. The second-order valence-corrected chi connectivity index (χ2v) is 2.31. The van der Waals surface area contributed by atoms with E-state index < -0.39 is 0 Å². The molecule has 0 aromatic heterocycles. The number of nitrogens with two attached hydrogens (primary N) is 3. The maximum Gasteiger partial charge on any atom is 0.185 e. The van der Waals surface area contributed by atoms with Crippen LogP contribution in [0, 0.1) is 0 Å². The van der Waals surface area contributed by atoms with Crippen molar-refractivity contribution >= 4 is 5.96 Å². The molecule has 1 atom stereocenters. The molecule has 0 rings (SSSR count). The van der Waals surface area contributed by atoms with Gasteiger partial charge in [-0.2, -0.15) is 0 Å². The van der Waals surface area contributed by atoms with Crippen LogP contribution in [0.4, 0.5) is 0 Å². The molecule has 12 heavy (non-hydrogen) atoms. The van der Waals surface area contributed by atoms with E-state index >= 15 is 0 Å². The first-order chi connectivity index (χ1) is 5.66. The lowest BCUT2D eigenvalue weighted by atomic mass is 10.2. The van der Waals surface area contributed by atoms with Gasteiger partial charge in [0.2, 0.25) is 0 Å². The van der Waals surface area contributed by atoms with Gasteiger partial charge in [0.1, 0.15) is 0 Å². The molecule has 0 radical (unpaired) electrons. The Morgan fingerprint density at radius 2 is 1.83 bits per heavy atom. The van der Waals surface area contributed by atoms with E-state index in [1.54, 1.807) is 0 Å². The Kier molecular flexibility index (Phi) is 11.8. The van der Waals surface area contributed by atoms with Crippen molar-refractivity contribution in [3.8, 4) is 0 Å². The molecule has 0 spiro atoms. The van der Waals surface area contributed by atoms with Crippen LogP contribution in [-0.4, -0.2) is 18.5 Å². The normalized spacial score (nSPS) is 11.0. The standard InChI is InChI=1S/C6H16N4.C2H6/c1-2-3-5(7)4-10-6(8)9;1-2/h5H,2-4,7H2,1H3,(H4,8,9,10);1-2H3. The lowest BCUT2D eigenvalue weighted by Crippen LogP contribution is -2.28. The molecule has 1 unspecified atom stereocenters. The maximum absolute atomic E-state index is 5.61. The zero-order valence-corrected chi connectivity index (χ0v) is 8.38. The summed E-state index contributed by atoms with van der Waals surface area (Å²) in [6.45, 7) is 6.62. The molecule has 4 nitrogen and oxygen atoms in total. The molecular formula is C8H22N4. The first-order valence-corrected chi connectivity index (χ1v) is 4.47. The van der Waals surface area contributed by atoms with Crippen LogP contribution in [0.25, 0.3) is 0 Å². The van der Waals surface area contributed by atoms with E-state index in [4.69, 9.17) is 17.2 Å². The Hall–Kier alpha value is -0.770. The lowest BCUT2D eigenvalue weighted by Gasteiger charge is -2.05. The van der Waals surface area contributed by atoms with Gasteiger partial charge < -0.3 is 17.2 Å². The largest absolute Gasteiger partial charge is 0.370 e. The number of guanidine groups is 1. The Bertz CT molecular complexity index is 108. The molecule has 0 aliphatic heterocycles. The van der Waals surface area contributed by atoms with E-state index in [-0.39, 0.29) is 12.0 Å². The van der Waals surface area contributed by atoms with Gasteiger partial charge in [0.15, 0.2) is 5.96 Å². The molecule has 0 amide bonds. The van der Waals surface area contributed by atoms with E-state index in [0.717, 1.165) is 12.8 Å². The minimum atomic E-state index is 0.104. The summed E-state index contributed by atoms with van der Waals surface area (Å²) in [5.74, 6) is 0.117. The SMILES string of the molecule is CC.CCCC(N)CN=C(N)N. The third-order valence-corrected chi connectivity index (χ3v) is 1.17. The first kappa shape index (κ1) is 13.8. The van der Waals surface area contributed by atoms with E-state index in [2.05, 4.69) is 11.9 Å². The summed E-state index contributed by atoms with van der Waals surface area (Å²) in [6, 6.07) is 0.104. The number of nitrogens with zero attached hydrogens (tertiary/aromatic N) is 1. The van der Waals surface area contributed by atoms with Gasteiger partial charge in [0, 0.05) is 6.04 Å². The monoisotopic (exact) mass is 174 g/mol. The van der Waals surface area contributed by atoms with Crippen molar-refractivity contribution in [3.05, 3.63) is 0 Å². The Morgan fingerprint density at radius 1 is 1.33 bits per heavy atom. The topological polar surface area (TPSA) is 90.4 Å². The Morgan fingerprint density at radius 3 is 2.17 bits per heavy atom. The van der Waals surface area contributed by atoms with Crippen LogP contribution < -0.4 is 17.2 Å². The van der Waals surface area contributed by atoms with Crippen LogP contribution in [0.5, 0.6) is 0 Å². The van der Waals surface area contributed by atoms with Crippen LogP contribution in [-0.2, 0) is 0 Å². The molecule has 0 aliphatic carbocycles. The molecule has 74 valence electrons. The smallest absolute Gasteiger partial charge is 0.185 e. The van der Waals surface area contributed by atoms with Crippen LogP contribution in [0.2, 0.25) is 0 Å². The minimum Gasteiger partial charge on any atom is -0.370 e. The molecule has 0 heterocycles. The summed E-state index contributed by atoms with van der Waals surface area (Å²) in [4.78, 5) is 3.79. The van der Waals surface area contributed by atoms with Crippen LogP contribution in [0.1, 0.15) is 33.6 Å². The van der Waals surface area contributed by atoms with Crippen molar-refractivity contribution in [2.75, 3.05) is 6.54 Å². The fourth-order valence-electron chi connectivity index (χ4n) is 0.685. The van der Waals surface area contributed by atoms with Crippen LogP contribution in [0.3, 0.4) is 0 Å². The summed E-state index contributed by atoms with van der Waals surface area (Å²) in [5, 5.41) is 0. The second kappa shape index (κ2) is 10.2. The van der Waals surface area contributed by atoms with Gasteiger partial charge in [0.25, 0.3) is 0 Å². The van der Waals surface area contributed by atoms with Gasteiger partial charge >= 0.3 is 0 Å². The van der Waals surface area contributed by atoms with Gasteiger partial charge in [-0.05, 0) is 6.42 Å². The summed E-state index contributed by atoms with van der Waals surface area (Å²) in [7, 11) is 0. The Balaban J connectivity index is 0. The summed E-state index contributed by atoms with van der Waals surface area (Å²) >= 11 is 0. The van der Waals surface area contributed by atoms with Crippen molar-refractivity contribution in [1.82, 2.24) is 0 Å². The molecule has 0 saturated heterocycles. The van der Waals surface area contributed by atoms with E-state index in [0.29, 0.717) is 6.54 Å². The van der Waals surface area contributed by atoms with Gasteiger partial charge in [-0.3, -0.25) is 4.99 Å². The predicted molar refractivity (Wildman–Crippen MR) is 54.9 cm³/mol. The predicted octanol–water partition coefficient (Wildman–Crippen LogP) is 0.413. The number of hydrogen-bond donors (Lipinski definition) is 3. The van der Waals surface area contributed by atoms with Crippen molar-refractivity contribution in [3.63, 3.8) is 0 Å². The number of rotatable bonds is 4. The highest BCUT2D eigenvalue weighted by atomic mass is 15.0. The third-order valence-electron chi connectivity index (χ3n) is 1.17. The van der Waals surface area contributed by atoms with Crippen LogP contribution in [0.15, 0.2) is 4.99 Å². The molecule has 0 aliphatic rings. The summed E-state index contributed by atoms with van der Waals surface area (Å²) < 4.78 is 0. The molecule has 0 bridgehead atoms. The zero-order chi connectivity index (χ0) is 9.98. The zero-order valence-electron chi connectivity index (χ0n) is 8.38. The highest BCUT2D eigenvalue weighted by Gasteiger charge is 1.97. The van der Waals surface area contributed by atoms with Gasteiger partial charge in [-0.1, -0.05) is 27.2 Å². The van der Waals surface area contributed by atoms with Crippen LogP contribution >= 0.6 is 0 Å². The molecular weight excluding hydrogens is 152 g/mol. The van der Waals surface area contributed by atoms with E-state index in [9.17, 15) is 0 Å². The van der Waals surface area contributed by atoms with Gasteiger partial charge in [-0.15, -0.1) is 0 Å². The molecule has 0 fully saturated rings. The third kappa shape index (κ3) is 12.0. The fraction of sp³-hybridized carbons (Fsp3) is 0.875. The highest BCUT2D eigenvalue weighted by molar-refractivity contribution is 5.75. The Labute approximate surface area is 75.2 Å². The fourth-order valence-corrected chi connectivity index (χ4v) is 0.685. The molecule has 0 saturated carbocycles. The second-order valence-electron chi connectivity index (χ2n) is 2.31. The quantitative estimate of drug-likeness (QED) is 0.426. The highest BCUT2D eigenvalue weighted by Crippen LogP contribution is 1.92. The lowest BCUT2D eigenvalue weighted by molar-refractivity contribution is 0.613. The maximum atomic E-state index is 5.61. The minimum absolute atomic E-state index is 0.104. The van der Waals surface area contributed by atoms with E-state index in [1.807, 2.05) is 13.8 Å². The van der Waals surface area contributed by atoms with Crippen molar-refractivity contribution in [1.29, 1.82) is 0 Å². The molecule has 0 aromatic carbocycles. The van der Waals surface area contributed by atoms with E-state index in [1.165, 1.54) is 0 Å². The average molecular weight is 174 g/mol. The van der Waals surface area contributed by atoms with Gasteiger partial charge in [-0.25, -0.2) is 0 Å². The number of hydrogen-bond acceptors (Lipinski definition) is 2. The van der Waals surface area contributed by atoms with Gasteiger partial charge in [0.05, 0.1) is 6.54 Å². The van der Waals surface area contributed by atoms with Crippen molar-refractivity contribution in [2.45, 2.75) is 39.7 Å². The summed E-state index contributed by atoms with van der Waals surface area (Å²) in [6.07, 6.45) is 2.04. The summed E-state index contributed by atoms with van der Waals surface area (Å²) in [5.41, 5.74) is 15.8. The molecule has 6 N–H and O–H groups in total. The van der Waals surface area contributed by atoms with Crippen molar-refractivity contribution < 1.29 is 0 Å². The average Bonchev–Trinajstić information content (AvgIpc) is 2.05.